The number of hydrogen-bond acceptors (Lipinski definition) is 3. The molecular weight excluding hydrogens is 168 g/mol. The second-order valence-electron chi connectivity index (χ2n) is 2.50. The normalized spacial score (nSPS) is 10.6. The van der Waals surface area contributed by atoms with E-state index >= 15 is 0 Å². The summed E-state index contributed by atoms with van der Waals surface area (Å²) < 4.78 is 6.38. The second kappa shape index (κ2) is 4.45. The molecule has 0 aromatic carbocycles. The van der Waals surface area contributed by atoms with Crippen molar-refractivity contribution in [2.24, 2.45) is 7.05 Å². The Bertz CT molecular complexity index is 315. The Morgan fingerprint density at radius 3 is 3.08 bits per heavy atom. The Kier molecular flexibility index (Phi) is 3.25. The van der Waals surface area contributed by atoms with Crippen molar-refractivity contribution >= 4 is 12.0 Å². The van der Waals surface area contributed by atoms with Gasteiger partial charge in [-0.05, 0) is 19.1 Å². The Labute approximate surface area is 76.8 Å². The summed E-state index contributed by atoms with van der Waals surface area (Å²) >= 11 is 0. The molecule has 0 aliphatic carbocycles. The van der Waals surface area contributed by atoms with Crippen LogP contribution in [0.25, 0.3) is 6.08 Å². The maximum absolute atomic E-state index is 10.9. The summed E-state index contributed by atoms with van der Waals surface area (Å²) in [6.07, 6.45) is 4.80. The molecular formula is C9H12N2O2. The standard InChI is InChI=1S/C9H12N2O2/c1-3-13-9(12)5-4-8-6-7-11(2)10-8/h4-7H,3H2,1-2H3/b5-4+. The van der Waals surface area contributed by atoms with Crippen LogP contribution >= 0.6 is 0 Å². The van der Waals surface area contributed by atoms with Gasteiger partial charge in [-0.2, -0.15) is 5.10 Å². The quantitative estimate of drug-likeness (QED) is 0.514. The molecule has 0 amide bonds. The van der Waals surface area contributed by atoms with E-state index in [2.05, 4.69) is 5.10 Å². The molecule has 0 N–H and O–H groups in total. The highest BCUT2D eigenvalue weighted by Crippen LogP contribution is 1.97. The molecule has 0 unspecified atom stereocenters. The first kappa shape index (κ1) is 9.51. The molecule has 0 aliphatic rings. The lowest BCUT2D eigenvalue weighted by molar-refractivity contribution is -0.137. The number of aryl methyl sites for hydroxylation is 1. The first-order valence-electron chi connectivity index (χ1n) is 4.07. The lowest BCUT2D eigenvalue weighted by Gasteiger charge is -1.93. The van der Waals surface area contributed by atoms with Crippen LogP contribution in [0, 0.1) is 0 Å². The summed E-state index contributed by atoms with van der Waals surface area (Å²) in [7, 11) is 1.82. The zero-order chi connectivity index (χ0) is 9.68. The minimum Gasteiger partial charge on any atom is -0.463 e. The molecule has 1 aromatic heterocycles. The van der Waals surface area contributed by atoms with Crippen LogP contribution in [0.3, 0.4) is 0 Å². The minimum atomic E-state index is -0.340. The number of hydrogen-bond donors (Lipinski definition) is 0. The molecule has 0 saturated heterocycles. The van der Waals surface area contributed by atoms with Crippen molar-refractivity contribution in [3.8, 4) is 0 Å². The molecule has 4 nitrogen and oxygen atoms in total. The first-order chi connectivity index (χ1) is 6.22. The molecule has 13 heavy (non-hydrogen) atoms. The Morgan fingerprint density at radius 2 is 2.54 bits per heavy atom. The summed E-state index contributed by atoms with van der Waals surface area (Å²) in [5.74, 6) is -0.340. The lowest BCUT2D eigenvalue weighted by atomic mass is 10.4. The van der Waals surface area contributed by atoms with Crippen molar-refractivity contribution in [2.45, 2.75) is 6.92 Å². The fourth-order valence-corrected chi connectivity index (χ4v) is 0.866. The van der Waals surface area contributed by atoms with E-state index in [-0.39, 0.29) is 5.97 Å². The molecule has 0 atom stereocenters. The van der Waals surface area contributed by atoms with E-state index < -0.39 is 0 Å². The molecule has 0 radical (unpaired) electrons. The fraction of sp³-hybridized carbons (Fsp3) is 0.333. The third kappa shape index (κ3) is 3.11. The van der Waals surface area contributed by atoms with Crippen LogP contribution in [-0.4, -0.2) is 22.4 Å². The highest BCUT2D eigenvalue weighted by Gasteiger charge is 1.95. The van der Waals surface area contributed by atoms with E-state index in [9.17, 15) is 4.79 Å². The third-order valence-corrected chi connectivity index (χ3v) is 1.41. The molecule has 1 aromatic rings. The second-order valence-corrected chi connectivity index (χ2v) is 2.50. The molecule has 0 aliphatic heterocycles. The van der Waals surface area contributed by atoms with Gasteiger partial charge < -0.3 is 4.74 Å². The average molecular weight is 180 g/mol. The number of carbonyl (C=O) groups is 1. The molecule has 70 valence electrons. The van der Waals surface area contributed by atoms with Gasteiger partial charge in [-0.3, -0.25) is 4.68 Å². The third-order valence-electron chi connectivity index (χ3n) is 1.41. The number of ether oxygens (including phenoxy) is 1. The van der Waals surface area contributed by atoms with E-state index in [0.29, 0.717) is 6.61 Å². The van der Waals surface area contributed by atoms with Crippen molar-refractivity contribution in [1.82, 2.24) is 9.78 Å². The van der Waals surface area contributed by atoms with Gasteiger partial charge in [0, 0.05) is 19.3 Å². The Balaban J connectivity index is 2.53. The van der Waals surface area contributed by atoms with Crippen LogP contribution in [0.1, 0.15) is 12.6 Å². The van der Waals surface area contributed by atoms with Crippen molar-refractivity contribution in [2.75, 3.05) is 6.61 Å². The van der Waals surface area contributed by atoms with Gasteiger partial charge in [-0.1, -0.05) is 0 Å². The highest BCUT2D eigenvalue weighted by atomic mass is 16.5. The first-order valence-corrected chi connectivity index (χ1v) is 4.07. The zero-order valence-corrected chi connectivity index (χ0v) is 7.73. The number of aromatic nitrogens is 2. The highest BCUT2D eigenvalue weighted by molar-refractivity contribution is 5.86. The van der Waals surface area contributed by atoms with E-state index in [0.717, 1.165) is 5.69 Å². The molecule has 0 spiro atoms. The van der Waals surface area contributed by atoms with Gasteiger partial charge in [0.15, 0.2) is 0 Å². The number of rotatable bonds is 3. The monoisotopic (exact) mass is 180 g/mol. The molecule has 1 heterocycles. The lowest BCUT2D eigenvalue weighted by Crippen LogP contribution is -1.98. The van der Waals surface area contributed by atoms with Crippen molar-refractivity contribution in [3.63, 3.8) is 0 Å². The van der Waals surface area contributed by atoms with Crippen molar-refractivity contribution < 1.29 is 9.53 Å². The van der Waals surface area contributed by atoms with Gasteiger partial charge in [-0.15, -0.1) is 0 Å². The number of carbonyl (C=O) groups excluding carboxylic acids is 1. The molecule has 4 heteroatoms. The van der Waals surface area contributed by atoms with Gasteiger partial charge in [0.2, 0.25) is 0 Å². The van der Waals surface area contributed by atoms with Crippen LogP contribution in [-0.2, 0) is 16.6 Å². The summed E-state index contributed by atoms with van der Waals surface area (Å²) in [6.45, 7) is 2.16. The maximum Gasteiger partial charge on any atom is 0.330 e. The van der Waals surface area contributed by atoms with Crippen LogP contribution < -0.4 is 0 Å². The van der Waals surface area contributed by atoms with Crippen LogP contribution in [0.2, 0.25) is 0 Å². The largest absolute Gasteiger partial charge is 0.463 e. The molecule has 0 saturated carbocycles. The van der Waals surface area contributed by atoms with Crippen LogP contribution in [0.4, 0.5) is 0 Å². The van der Waals surface area contributed by atoms with E-state index in [1.807, 2.05) is 19.3 Å². The predicted molar refractivity (Wildman–Crippen MR) is 48.9 cm³/mol. The molecule has 0 fully saturated rings. The predicted octanol–water partition coefficient (Wildman–Crippen LogP) is 0.996. The SMILES string of the molecule is CCOC(=O)/C=C/c1ccn(C)n1. The summed E-state index contributed by atoms with van der Waals surface area (Å²) in [6, 6.07) is 1.82. The molecule has 1 rings (SSSR count). The van der Waals surface area contributed by atoms with E-state index in [1.54, 1.807) is 17.7 Å². The van der Waals surface area contributed by atoms with Crippen LogP contribution in [0.5, 0.6) is 0 Å². The summed E-state index contributed by atoms with van der Waals surface area (Å²) in [4.78, 5) is 10.9. The van der Waals surface area contributed by atoms with Gasteiger partial charge in [0.05, 0.1) is 12.3 Å². The minimum absolute atomic E-state index is 0.340. The van der Waals surface area contributed by atoms with Gasteiger partial charge >= 0.3 is 5.97 Å². The average Bonchev–Trinajstić information content (AvgIpc) is 2.49. The van der Waals surface area contributed by atoms with Crippen molar-refractivity contribution in [3.05, 3.63) is 24.0 Å². The van der Waals surface area contributed by atoms with Crippen LogP contribution in [0.15, 0.2) is 18.3 Å². The topological polar surface area (TPSA) is 44.1 Å². The smallest absolute Gasteiger partial charge is 0.330 e. The van der Waals surface area contributed by atoms with Crippen molar-refractivity contribution in [1.29, 1.82) is 0 Å². The Hall–Kier alpha value is -1.58. The number of esters is 1. The van der Waals surface area contributed by atoms with Gasteiger partial charge in [0.1, 0.15) is 0 Å². The van der Waals surface area contributed by atoms with Gasteiger partial charge in [0.25, 0.3) is 0 Å². The molecule has 0 bridgehead atoms. The summed E-state index contributed by atoms with van der Waals surface area (Å²) in [5, 5.41) is 4.06. The number of nitrogens with zero attached hydrogens (tertiary/aromatic N) is 2. The van der Waals surface area contributed by atoms with Gasteiger partial charge in [-0.25, -0.2) is 4.79 Å². The van der Waals surface area contributed by atoms with E-state index in [4.69, 9.17) is 4.74 Å². The fourth-order valence-electron chi connectivity index (χ4n) is 0.866. The van der Waals surface area contributed by atoms with E-state index in [1.165, 1.54) is 6.08 Å². The zero-order valence-electron chi connectivity index (χ0n) is 7.73. The summed E-state index contributed by atoms with van der Waals surface area (Å²) in [5.41, 5.74) is 0.746. The maximum atomic E-state index is 10.9. The Morgan fingerprint density at radius 1 is 1.77 bits per heavy atom.